The second kappa shape index (κ2) is 8.20. The first-order valence-electron chi connectivity index (χ1n) is 10.4. The molecule has 0 aromatic heterocycles. The molecule has 0 bridgehead atoms. The SMILES string of the molecule is Cc1c(C)c2c(c(C)c1O)CCC(C)(OCc1ccc(CC3SC(=O)NC3=O)cc1)O2. The molecule has 2 heterocycles. The Morgan fingerprint density at radius 3 is 2.45 bits per heavy atom. The number of rotatable bonds is 5. The summed E-state index contributed by atoms with van der Waals surface area (Å²) in [4.78, 5) is 23.1. The summed E-state index contributed by atoms with van der Waals surface area (Å²) in [6.07, 6.45) is 2.00. The maximum Gasteiger partial charge on any atom is 0.286 e. The van der Waals surface area contributed by atoms with Crippen molar-refractivity contribution in [2.75, 3.05) is 0 Å². The van der Waals surface area contributed by atoms with E-state index in [1.807, 2.05) is 52.0 Å². The zero-order chi connectivity index (χ0) is 22.3. The molecule has 0 spiro atoms. The molecule has 4 rings (SSSR count). The van der Waals surface area contributed by atoms with Gasteiger partial charge in [0.1, 0.15) is 11.5 Å². The van der Waals surface area contributed by atoms with E-state index in [0.717, 1.165) is 57.3 Å². The first-order chi connectivity index (χ1) is 14.7. The Hall–Kier alpha value is -2.51. The first-order valence-corrected chi connectivity index (χ1v) is 11.3. The predicted molar refractivity (Wildman–Crippen MR) is 120 cm³/mol. The molecule has 2 aromatic rings. The van der Waals surface area contributed by atoms with Crippen LogP contribution in [0.1, 0.15) is 46.7 Å². The summed E-state index contributed by atoms with van der Waals surface area (Å²) >= 11 is 1.04. The first kappa shape index (κ1) is 21.7. The Bertz CT molecular complexity index is 1050. The average molecular weight is 442 g/mol. The topological polar surface area (TPSA) is 84.9 Å². The predicted octanol–water partition coefficient (Wildman–Crippen LogP) is 4.47. The van der Waals surface area contributed by atoms with Gasteiger partial charge < -0.3 is 14.6 Å². The average Bonchev–Trinajstić information content (AvgIpc) is 3.06. The maximum absolute atomic E-state index is 11.7. The van der Waals surface area contributed by atoms with Crippen LogP contribution in [-0.4, -0.2) is 27.3 Å². The van der Waals surface area contributed by atoms with Crippen molar-refractivity contribution < 1.29 is 24.2 Å². The third-order valence-corrected chi connectivity index (χ3v) is 7.22. The minimum absolute atomic E-state index is 0.223. The molecule has 6 nitrogen and oxygen atoms in total. The Labute approximate surface area is 186 Å². The monoisotopic (exact) mass is 441 g/mol. The summed E-state index contributed by atoms with van der Waals surface area (Å²) < 4.78 is 12.5. The van der Waals surface area contributed by atoms with Gasteiger partial charge in [0.05, 0.1) is 11.9 Å². The van der Waals surface area contributed by atoms with Gasteiger partial charge in [0.15, 0.2) is 0 Å². The molecular weight excluding hydrogens is 414 g/mol. The van der Waals surface area contributed by atoms with Crippen molar-refractivity contribution in [2.45, 2.75) is 64.6 Å². The van der Waals surface area contributed by atoms with Crippen LogP contribution in [0, 0.1) is 20.8 Å². The normalized spacial score (nSPS) is 22.8. The Morgan fingerprint density at radius 1 is 1.13 bits per heavy atom. The van der Waals surface area contributed by atoms with Gasteiger partial charge in [-0.25, -0.2) is 0 Å². The molecule has 0 aliphatic carbocycles. The number of carbonyl (C=O) groups excluding carboxylic acids is 2. The van der Waals surface area contributed by atoms with Crippen LogP contribution in [0.2, 0.25) is 0 Å². The van der Waals surface area contributed by atoms with E-state index in [2.05, 4.69) is 5.32 Å². The van der Waals surface area contributed by atoms with Crippen molar-refractivity contribution in [3.8, 4) is 11.5 Å². The van der Waals surface area contributed by atoms with Gasteiger partial charge >= 0.3 is 0 Å². The fourth-order valence-corrected chi connectivity index (χ4v) is 4.94. The lowest BCUT2D eigenvalue weighted by atomic mass is 9.91. The number of thioether (sulfide) groups is 1. The quantitative estimate of drug-likeness (QED) is 0.712. The maximum atomic E-state index is 11.7. The minimum atomic E-state index is -0.745. The van der Waals surface area contributed by atoms with E-state index in [1.54, 1.807) is 0 Å². The number of hydrogen-bond acceptors (Lipinski definition) is 6. The zero-order valence-electron chi connectivity index (χ0n) is 18.2. The van der Waals surface area contributed by atoms with Crippen molar-refractivity contribution in [2.24, 2.45) is 0 Å². The molecule has 1 fully saturated rings. The highest BCUT2D eigenvalue weighted by Gasteiger charge is 2.35. The number of carbonyl (C=O) groups is 2. The number of nitrogens with one attached hydrogen (secondary N) is 1. The van der Waals surface area contributed by atoms with E-state index in [9.17, 15) is 14.7 Å². The summed E-state index contributed by atoms with van der Waals surface area (Å²) in [5.41, 5.74) is 5.73. The highest BCUT2D eigenvalue weighted by atomic mass is 32.2. The van der Waals surface area contributed by atoms with Gasteiger partial charge in [0.2, 0.25) is 11.7 Å². The molecular formula is C24H27NO5S. The van der Waals surface area contributed by atoms with E-state index in [1.165, 1.54) is 0 Å². The lowest BCUT2D eigenvalue weighted by molar-refractivity contribution is -0.188. The molecule has 2 aromatic carbocycles. The zero-order valence-corrected chi connectivity index (χ0v) is 19.0. The second-order valence-electron chi connectivity index (χ2n) is 8.46. The lowest BCUT2D eigenvalue weighted by Gasteiger charge is -2.37. The Morgan fingerprint density at radius 2 is 1.81 bits per heavy atom. The number of fused-ring (bicyclic) bond motifs is 1. The fourth-order valence-electron chi connectivity index (χ4n) is 4.08. The highest BCUT2D eigenvalue weighted by Crippen LogP contribution is 2.43. The second-order valence-corrected chi connectivity index (χ2v) is 9.64. The molecule has 2 aliphatic heterocycles. The smallest absolute Gasteiger partial charge is 0.286 e. The van der Waals surface area contributed by atoms with Gasteiger partial charge in [-0.05, 0) is 61.4 Å². The van der Waals surface area contributed by atoms with E-state index >= 15 is 0 Å². The van der Waals surface area contributed by atoms with Crippen molar-refractivity contribution in [3.63, 3.8) is 0 Å². The summed E-state index contributed by atoms with van der Waals surface area (Å²) in [7, 11) is 0. The van der Waals surface area contributed by atoms with Crippen LogP contribution >= 0.6 is 11.8 Å². The molecule has 2 aliphatic rings. The number of benzene rings is 2. The largest absolute Gasteiger partial charge is 0.507 e. The molecule has 0 radical (unpaired) electrons. The summed E-state index contributed by atoms with van der Waals surface area (Å²) in [5, 5.41) is 12.0. The van der Waals surface area contributed by atoms with Gasteiger partial charge in [-0.2, -0.15) is 0 Å². The third-order valence-electron chi connectivity index (χ3n) is 6.24. The van der Waals surface area contributed by atoms with Crippen LogP contribution in [-0.2, 0) is 29.0 Å². The molecule has 2 unspecified atom stereocenters. The molecule has 7 heteroatoms. The van der Waals surface area contributed by atoms with Crippen LogP contribution in [0.5, 0.6) is 11.5 Å². The van der Waals surface area contributed by atoms with Crippen molar-refractivity contribution in [1.82, 2.24) is 5.32 Å². The van der Waals surface area contributed by atoms with Crippen LogP contribution in [0.3, 0.4) is 0 Å². The van der Waals surface area contributed by atoms with E-state index < -0.39 is 5.79 Å². The summed E-state index contributed by atoms with van der Waals surface area (Å²) in [6.45, 7) is 8.15. The third kappa shape index (κ3) is 4.29. The van der Waals surface area contributed by atoms with Gasteiger partial charge in [-0.1, -0.05) is 36.0 Å². The van der Waals surface area contributed by atoms with E-state index in [0.29, 0.717) is 25.2 Å². The molecule has 2 N–H and O–H groups in total. The number of ether oxygens (including phenoxy) is 2. The van der Waals surface area contributed by atoms with Gasteiger partial charge in [0.25, 0.3) is 5.24 Å². The van der Waals surface area contributed by atoms with Gasteiger partial charge in [0, 0.05) is 18.9 Å². The van der Waals surface area contributed by atoms with Crippen LogP contribution in [0.15, 0.2) is 24.3 Å². The van der Waals surface area contributed by atoms with Gasteiger partial charge in [-0.3, -0.25) is 14.9 Å². The summed E-state index contributed by atoms with van der Waals surface area (Å²) in [5.74, 6) is 0.200. The number of amides is 2. The van der Waals surface area contributed by atoms with Crippen LogP contribution in [0.25, 0.3) is 0 Å². The molecule has 31 heavy (non-hydrogen) atoms. The fraction of sp³-hybridized carbons (Fsp3) is 0.417. The van der Waals surface area contributed by atoms with E-state index in [4.69, 9.17) is 9.47 Å². The number of aromatic hydroxyl groups is 1. The standard InChI is InChI=1S/C24H27NO5S/c1-13-14(2)21-18(15(3)20(13)26)9-10-24(4,30-21)29-12-17-7-5-16(6-8-17)11-19-22(27)25-23(28)31-19/h5-8,19,26H,9-12H2,1-4H3,(H,25,27,28). The van der Waals surface area contributed by atoms with Crippen molar-refractivity contribution in [1.29, 1.82) is 0 Å². The minimum Gasteiger partial charge on any atom is -0.507 e. The lowest BCUT2D eigenvalue weighted by Crippen LogP contribution is -2.39. The molecule has 2 amide bonds. The number of phenolic OH excluding ortho intramolecular Hbond substituents is 1. The number of hydrogen-bond donors (Lipinski definition) is 2. The van der Waals surface area contributed by atoms with Crippen LogP contribution < -0.4 is 10.1 Å². The van der Waals surface area contributed by atoms with Crippen LogP contribution in [0.4, 0.5) is 4.79 Å². The highest BCUT2D eigenvalue weighted by molar-refractivity contribution is 8.15. The summed E-state index contributed by atoms with van der Waals surface area (Å²) in [6, 6.07) is 7.89. The Balaban J connectivity index is 1.41. The number of imide groups is 1. The molecule has 2 atom stereocenters. The molecule has 1 saturated heterocycles. The van der Waals surface area contributed by atoms with Crippen molar-refractivity contribution in [3.05, 3.63) is 57.6 Å². The molecule has 164 valence electrons. The molecule has 0 saturated carbocycles. The number of phenols is 1. The van der Waals surface area contributed by atoms with Crippen molar-refractivity contribution >= 4 is 22.9 Å². The Kier molecular flexibility index (Phi) is 5.75. The van der Waals surface area contributed by atoms with E-state index in [-0.39, 0.29) is 16.4 Å². The van der Waals surface area contributed by atoms with Gasteiger partial charge in [-0.15, -0.1) is 0 Å².